The highest BCUT2D eigenvalue weighted by atomic mass is 19.1. The summed E-state index contributed by atoms with van der Waals surface area (Å²) in [6.45, 7) is 4.02. The molecule has 0 heterocycles. The summed E-state index contributed by atoms with van der Waals surface area (Å²) in [4.78, 5) is 10.9. The van der Waals surface area contributed by atoms with Crippen molar-refractivity contribution in [2.24, 2.45) is 0 Å². The van der Waals surface area contributed by atoms with Crippen molar-refractivity contribution in [1.29, 1.82) is 0 Å². The van der Waals surface area contributed by atoms with E-state index in [1.807, 2.05) is 32.0 Å². The van der Waals surface area contributed by atoms with Crippen molar-refractivity contribution in [2.75, 3.05) is 0 Å². The van der Waals surface area contributed by atoms with Crippen LogP contribution in [0.3, 0.4) is 0 Å². The molecule has 0 saturated carbocycles. The number of halogens is 1. The number of carbonyl (C=O) groups is 1. The molecule has 0 bridgehead atoms. The highest BCUT2D eigenvalue weighted by Crippen LogP contribution is 2.26. The highest BCUT2D eigenvalue weighted by molar-refractivity contribution is 5.88. The van der Waals surface area contributed by atoms with Gasteiger partial charge in [-0.15, -0.1) is 0 Å². The predicted octanol–water partition coefficient (Wildman–Crippen LogP) is 3.92. The number of hydrogen-bond acceptors (Lipinski definition) is 1. The largest absolute Gasteiger partial charge is 0.298 e. The molecular formula is C15H13FO. The van der Waals surface area contributed by atoms with E-state index < -0.39 is 5.82 Å². The second kappa shape index (κ2) is 4.50. The summed E-state index contributed by atoms with van der Waals surface area (Å²) in [5.41, 5.74) is 3.94. The molecule has 1 nitrogen and oxygen atoms in total. The molecule has 0 aliphatic rings. The first-order valence-electron chi connectivity index (χ1n) is 5.45. The Labute approximate surface area is 99.9 Å². The van der Waals surface area contributed by atoms with Gasteiger partial charge in [-0.1, -0.05) is 30.3 Å². The lowest BCUT2D eigenvalue weighted by molar-refractivity contribution is 0.112. The van der Waals surface area contributed by atoms with Gasteiger partial charge in [0.05, 0.1) is 5.56 Å². The molecule has 0 amide bonds. The topological polar surface area (TPSA) is 17.1 Å². The van der Waals surface area contributed by atoms with Crippen LogP contribution in [0.5, 0.6) is 0 Å². The van der Waals surface area contributed by atoms with Gasteiger partial charge in [-0.25, -0.2) is 4.39 Å². The maximum Gasteiger partial charge on any atom is 0.153 e. The van der Waals surface area contributed by atoms with Gasteiger partial charge in [0, 0.05) is 0 Å². The van der Waals surface area contributed by atoms with Crippen LogP contribution in [-0.4, -0.2) is 6.29 Å². The van der Waals surface area contributed by atoms with Gasteiger partial charge in [-0.2, -0.15) is 0 Å². The minimum Gasteiger partial charge on any atom is -0.298 e. The summed E-state index contributed by atoms with van der Waals surface area (Å²) >= 11 is 0. The van der Waals surface area contributed by atoms with Crippen LogP contribution in [0.4, 0.5) is 4.39 Å². The Bertz CT molecular complexity index is 573. The number of aldehydes is 1. The van der Waals surface area contributed by atoms with Gasteiger partial charge < -0.3 is 0 Å². The molecule has 2 heteroatoms. The third-order valence-electron chi connectivity index (χ3n) is 2.99. The molecule has 86 valence electrons. The molecule has 17 heavy (non-hydrogen) atoms. The van der Waals surface area contributed by atoms with E-state index in [2.05, 4.69) is 0 Å². The van der Waals surface area contributed by atoms with Crippen LogP contribution in [0.1, 0.15) is 21.5 Å². The first kappa shape index (κ1) is 11.5. The molecule has 2 aromatic carbocycles. The molecular weight excluding hydrogens is 215 g/mol. The van der Waals surface area contributed by atoms with Crippen molar-refractivity contribution in [3.63, 3.8) is 0 Å². The lowest BCUT2D eigenvalue weighted by Crippen LogP contribution is -1.93. The van der Waals surface area contributed by atoms with Gasteiger partial charge in [0.1, 0.15) is 5.82 Å². The van der Waals surface area contributed by atoms with Gasteiger partial charge in [-0.3, -0.25) is 4.79 Å². The third kappa shape index (κ3) is 2.11. The average Bonchev–Trinajstić information content (AvgIpc) is 2.32. The smallest absolute Gasteiger partial charge is 0.153 e. The zero-order valence-electron chi connectivity index (χ0n) is 9.83. The van der Waals surface area contributed by atoms with E-state index in [4.69, 9.17) is 0 Å². The summed E-state index contributed by atoms with van der Waals surface area (Å²) in [5.74, 6) is -0.476. The molecule has 2 aromatic rings. The maximum atomic E-state index is 13.5. The first-order valence-corrected chi connectivity index (χ1v) is 5.45. The van der Waals surface area contributed by atoms with Crippen LogP contribution in [0, 0.1) is 19.7 Å². The minimum absolute atomic E-state index is 0.121. The summed E-state index contributed by atoms with van der Waals surface area (Å²) in [6.07, 6.45) is 0.569. The van der Waals surface area contributed by atoms with E-state index in [1.54, 1.807) is 12.1 Å². The predicted molar refractivity (Wildman–Crippen MR) is 66.7 cm³/mol. The van der Waals surface area contributed by atoms with Gasteiger partial charge in [-0.05, 0) is 42.2 Å². The quantitative estimate of drug-likeness (QED) is 0.712. The molecule has 0 aliphatic heterocycles. The van der Waals surface area contributed by atoms with Gasteiger partial charge in [0.15, 0.2) is 6.29 Å². The number of aryl methyl sites for hydroxylation is 2. The van der Waals surface area contributed by atoms with Crippen molar-refractivity contribution < 1.29 is 9.18 Å². The standard InChI is InChI=1S/C15H13FO/c1-10-6-7-12(8-11(10)2)13-4-3-5-15(16)14(13)9-17/h3-9H,1-2H3. The molecule has 0 radical (unpaired) electrons. The van der Waals surface area contributed by atoms with E-state index in [1.165, 1.54) is 11.6 Å². The first-order chi connectivity index (χ1) is 8.13. The second-order valence-corrected chi connectivity index (χ2v) is 4.12. The fraction of sp³-hybridized carbons (Fsp3) is 0.133. The molecule has 0 unspecified atom stereocenters. The minimum atomic E-state index is -0.476. The zero-order valence-corrected chi connectivity index (χ0v) is 9.83. The molecule has 0 fully saturated rings. The van der Waals surface area contributed by atoms with Crippen LogP contribution in [0.15, 0.2) is 36.4 Å². The van der Waals surface area contributed by atoms with E-state index in [0.29, 0.717) is 11.8 Å². The van der Waals surface area contributed by atoms with Crippen molar-refractivity contribution in [3.8, 4) is 11.1 Å². The molecule has 0 spiro atoms. The second-order valence-electron chi connectivity index (χ2n) is 4.12. The maximum absolute atomic E-state index is 13.5. The molecule has 0 N–H and O–H groups in total. The number of carbonyl (C=O) groups excluding carboxylic acids is 1. The van der Waals surface area contributed by atoms with Crippen LogP contribution in [0.2, 0.25) is 0 Å². The summed E-state index contributed by atoms with van der Waals surface area (Å²) in [5, 5.41) is 0. The molecule has 0 saturated heterocycles. The zero-order chi connectivity index (χ0) is 12.4. The molecule has 0 aromatic heterocycles. The van der Waals surface area contributed by atoms with E-state index in [9.17, 15) is 9.18 Å². The van der Waals surface area contributed by atoms with Gasteiger partial charge in [0.2, 0.25) is 0 Å². The summed E-state index contributed by atoms with van der Waals surface area (Å²) in [7, 11) is 0. The fourth-order valence-corrected chi connectivity index (χ4v) is 1.82. The van der Waals surface area contributed by atoms with E-state index in [0.717, 1.165) is 11.1 Å². The average molecular weight is 228 g/mol. The Balaban J connectivity index is 2.64. The molecule has 2 rings (SSSR count). The van der Waals surface area contributed by atoms with E-state index >= 15 is 0 Å². The highest BCUT2D eigenvalue weighted by Gasteiger charge is 2.09. The number of benzene rings is 2. The van der Waals surface area contributed by atoms with Crippen molar-refractivity contribution in [1.82, 2.24) is 0 Å². The number of hydrogen-bond donors (Lipinski definition) is 0. The Hall–Kier alpha value is -1.96. The lowest BCUT2D eigenvalue weighted by Gasteiger charge is -2.08. The van der Waals surface area contributed by atoms with Crippen molar-refractivity contribution in [2.45, 2.75) is 13.8 Å². The Kier molecular flexibility index (Phi) is 3.05. The van der Waals surface area contributed by atoms with E-state index in [-0.39, 0.29) is 5.56 Å². The SMILES string of the molecule is Cc1ccc(-c2cccc(F)c2C=O)cc1C. The Morgan fingerprint density at radius 2 is 1.82 bits per heavy atom. The lowest BCUT2D eigenvalue weighted by atomic mass is 9.97. The van der Waals surface area contributed by atoms with Crippen LogP contribution >= 0.6 is 0 Å². The molecule has 0 aliphatic carbocycles. The van der Waals surface area contributed by atoms with Crippen molar-refractivity contribution >= 4 is 6.29 Å². The molecule has 0 atom stereocenters. The monoisotopic (exact) mass is 228 g/mol. The summed E-state index contributed by atoms with van der Waals surface area (Å²) in [6, 6.07) is 10.5. The normalized spacial score (nSPS) is 10.3. The number of rotatable bonds is 2. The third-order valence-corrected chi connectivity index (χ3v) is 2.99. The van der Waals surface area contributed by atoms with Gasteiger partial charge >= 0.3 is 0 Å². The van der Waals surface area contributed by atoms with Crippen LogP contribution in [0.25, 0.3) is 11.1 Å². The van der Waals surface area contributed by atoms with Crippen LogP contribution in [-0.2, 0) is 0 Å². The summed E-state index contributed by atoms with van der Waals surface area (Å²) < 4.78 is 13.5. The fourth-order valence-electron chi connectivity index (χ4n) is 1.82. The van der Waals surface area contributed by atoms with Crippen molar-refractivity contribution in [3.05, 3.63) is 58.9 Å². The van der Waals surface area contributed by atoms with Crippen LogP contribution < -0.4 is 0 Å². The van der Waals surface area contributed by atoms with Gasteiger partial charge in [0.25, 0.3) is 0 Å². The Morgan fingerprint density at radius 1 is 1.06 bits per heavy atom. The Morgan fingerprint density at radius 3 is 2.47 bits per heavy atom.